The summed E-state index contributed by atoms with van der Waals surface area (Å²) >= 11 is 4.28. The molecule has 3 aromatic rings. The van der Waals surface area contributed by atoms with Gasteiger partial charge in [-0.1, -0.05) is 0 Å². The Morgan fingerprint density at radius 1 is 1.04 bits per heavy atom. The third kappa shape index (κ3) is 5.24. The van der Waals surface area contributed by atoms with Crippen LogP contribution in [-0.2, 0) is 0 Å². The van der Waals surface area contributed by atoms with Gasteiger partial charge in [-0.25, -0.2) is 4.98 Å². The Labute approximate surface area is 164 Å². The summed E-state index contributed by atoms with van der Waals surface area (Å²) in [6.07, 6.45) is 2.51. The summed E-state index contributed by atoms with van der Waals surface area (Å²) in [5.41, 5.74) is 1.50. The van der Waals surface area contributed by atoms with Gasteiger partial charge in [-0.15, -0.1) is 12.6 Å². The first-order chi connectivity index (χ1) is 13.2. The van der Waals surface area contributed by atoms with Crippen molar-refractivity contribution in [1.82, 2.24) is 4.98 Å². The lowest BCUT2D eigenvalue weighted by Crippen LogP contribution is -2.24. The molecule has 2 aromatic carbocycles. The molecule has 0 aliphatic carbocycles. The topological polar surface area (TPSA) is 51.7 Å². The van der Waals surface area contributed by atoms with E-state index in [0.717, 1.165) is 22.6 Å². The number of rotatable bonds is 8. The van der Waals surface area contributed by atoms with Crippen LogP contribution in [0.4, 0.5) is 5.69 Å². The lowest BCUT2D eigenvalue weighted by molar-refractivity contribution is 0.112. The molecule has 0 bridgehead atoms. The molecule has 0 N–H and O–H groups in total. The van der Waals surface area contributed by atoms with Gasteiger partial charge < -0.3 is 14.4 Å². The summed E-state index contributed by atoms with van der Waals surface area (Å²) in [4.78, 5) is 17.9. The van der Waals surface area contributed by atoms with Crippen LogP contribution in [0.3, 0.4) is 0 Å². The summed E-state index contributed by atoms with van der Waals surface area (Å²) in [5, 5.41) is 0. The molecule has 138 valence electrons. The molecule has 0 aliphatic rings. The zero-order chi connectivity index (χ0) is 19.1. The average Bonchev–Trinajstić information content (AvgIpc) is 2.70. The Hall–Kier alpha value is -2.99. The lowest BCUT2D eigenvalue weighted by Gasteiger charge is -2.21. The monoisotopic (exact) mass is 380 g/mol. The fourth-order valence-corrected chi connectivity index (χ4v) is 2.59. The van der Waals surface area contributed by atoms with Gasteiger partial charge in [0, 0.05) is 23.7 Å². The molecule has 0 saturated carbocycles. The average molecular weight is 380 g/mol. The largest absolute Gasteiger partial charge is 0.492 e. The molecule has 1 heterocycles. The van der Waals surface area contributed by atoms with Crippen molar-refractivity contribution in [2.45, 2.75) is 4.90 Å². The number of hydrogen-bond donors (Lipinski definition) is 1. The molecule has 0 fully saturated rings. The highest BCUT2D eigenvalue weighted by atomic mass is 32.1. The number of ether oxygens (including phenoxy) is 2. The van der Waals surface area contributed by atoms with E-state index < -0.39 is 0 Å². The standard InChI is InChI=1S/C21H20N2O3S/c1-23(13-14-25-17-6-4-16(15-24)5-7-17)20-3-2-12-22-21(20)26-18-8-10-19(27)11-9-18/h2-12,15,27H,13-14H2,1H3. The fraction of sp³-hybridized carbons (Fsp3) is 0.143. The molecule has 0 radical (unpaired) electrons. The van der Waals surface area contributed by atoms with Crippen molar-refractivity contribution < 1.29 is 14.3 Å². The zero-order valence-electron chi connectivity index (χ0n) is 14.9. The zero-order valence-corrected chi connectivity index (χ0v) is 15.8. The molecule has 6 heteroatoms. The maximum Gasteiger partial charge on any atom is 0.243 e. The molecular formula is C21H20N2O3S. The van der Waals surface area contributed by atoms with Gasteiger partial charge in [0.25, 0.3) is 0 Å². The minimum atomic E-state index is 0.486. The normalized spacial score (nSPS) is 10.3. The quantitative estimate of drug-likeness (QED) is 0.461. The summed E-state index contributed by atoms with van der Waals surface area (Å²) < 4.78 is 11.7. The van der Waals surface area contributed by atoms with Gasteiger partial charge in [0.2, 0.25) is 5.88 Å². The Morgan fingerprint density at radius 3 is 2.44 bits per heavy atom. The van der Waals surface area contributed by atoms with Crippen LogP contribution in [0.5, 0.6) is 17.4 Å². The van der Waals surface area contributed by atoms with Crippen LogP contribution in [0.15, 0.2) is 71.8 Å². The highest BCUT2D eigenvalue weighted by Gasteiger charge is 2.11. The first-order valence-electron chi connectivity index (χ1n) is 8.47. The van der Waals surface area contributed by atoms with Crippen LogP contribution < -0.4 is 14.4 Å². The van der Waals surface area contributed by atoms with E-state index in [1.54, 1.807) is 30.5 Å². The minimum absolute atomic E-state index is 0.486. The number of carbonyl (C=O) groups is 1. The van der Waals surface area contributed by atoms with Crippen LogP contribution >= 0.6 is 12.6 Å². The number of likely N-dealkylation sites (N-methyl/N-ethyl adjacent to an activating group) is 1. The summed E-state index contributed by atoms with van der Waals surface area (Å²) in [6, 6.07) is 18.3. The van der Waals surface area contributed by atoms with Crippen molar-refractivity contribution in [2.24, 2.45) is 0 Å². The second kappa shape index (κ2) is 9.09. The number of anilines is 1. The predicted molar refractivity (Wildman–Crippen MR) is 109 cm³/mol. The Morgan fingerprint density at radius 2 is 1.74 bits per heavy atom. The van der Waals surface area contributed by atoms with Gasteiger partial charge in [-0.05, 0) is 60.7 Å². The molecule has 0 atom stereocenters. The number of aromatic nitrogens is 1. The molecule has 3 rings (SSSR count). The first kappa shape index (κ1) is 18.8. The number of aldehydes is 1. The summed E-state index contributed by atoms with van der Waals surface area (Å²) in [6.45, 7) is 1.13. The van der Waals surface area contributed by atoms with E-state index in [1.807, 2.05) is 48.3 Å². The van der Waals surface area contributed by atoms with Crippen molar-refractivity contribution >= 4 is 24.6 Å². The highest BCUT2D eigenvalue weighted by molar-refractivity contribution is 7.80. The van der Waals surface area contributed by atoms with Gasteiger partial charge in [0.1, 0.15) is 30.1 Å². The predicted octanol–water partition coefficient (Wildman–Crippen LogP) is 4.49. The fourth-order valence-electron chi connectivity index (χ4n) is 2.44. The Balaban J connectivity index is 1.61. The summed E-state index contributed by atoms with van der Waals surface area (Å²) in [7, 11) is 1.96. The molecule has 1 aromatic heterocycles. The van der Waals surface area contributed by atoms with Crippen molar-refractivity contribution in [3.05, 3.63) is 72.4 Å². The molecule has 0 unspecified atom stereocenters. The van der Waals surface area contributed by atoms with Gasteiger partial charge in [0.15, 0.2) is 0 Å². The van der Waals surface area contributed by atoms with Crippen LogP contribution in [-0.4, -0.2) is 31.5 Å². The van der Waals surface area contributed by atoms with Crippen molar-refractivity contribution in [3.8, 4) is 17.4 Å². The van der Waals surface area contributed by atoms with Crippen LogP contribution in [0, 0.1) is 0 Å². The van der Waals surface area contributed by atoms with Gasteiger partial charge in [0.05, 0.1) is 6.54 Å². The smallest absolute Gasteiger partial charge is 0.243 e. The SMILES string of the molecule is CN(CCOc1ccc(C=O)cc1)c1cccnc1Oc1ccc(S)cc1. The number of pyridine rings is 1. The van der Waals surface area contributed by atoms with Gasteiger partial charge in [-0.2, -0.15) is 0 Å². The van der Waals surface area contributed by atoms with E-state index in [4.69, 9.17) is 9.47 Å². The molecule has 0 aliphatic heterocycles. The molecule has 5 nitrogen and oxygen atoms in total. The Kier molecular flexibility index (Phi) is 6.33. The minimum Gasteiger partial charge on any atom is -0.492 e. The number of hydrogen-bond acceptors (Lipinski definition) is 6. The van der Waals surface area contributed by atoms with Gasteiger partial charge >= 0.3 is 0 Å². The van der Waals surface area contributed by atoms with E-state index in [0.29, 0.717) is 30.3 Å². The van der Waals surface area contributed by atoms with Crippen molar-refractivity contribution in [3.63, 3.8) is 0 Å². The second-order valence-electron chi connectivity index (χ2n) is 5.88. The highest BCUT2D eigenvalue weighted by Crippen LogP contribution is 2.29. The number of nitrogens with zero attached hydrogens (tertiary/aromatic N) is 2. The van der Waals surface area contributed by atoms with Crippen LogP contribution in [0.1, 0.15) is 10.4 Å². The van der Waals surface area contributed by atoms with Crippen LogP contribution in [0.25, 0.3) is 0 Å². The maximum atomic E-state index is 10.7. The third-order valence-corrected chi connectivity index (χ3v) is 4.22. The molecule has 0 saturated heterocycles. The molecular weight excluding hydrogens is 360 g/mol. The van der Waals surface area contributed by atoms with E-state index in [9.17, 15) is 4.79 Å². The van der Waals surface area contributed by atoms with E-state index in [1.165, 1.54) is 0 Å². The Bertz CT molecular complexity index is 883. The molecule has 27 heavy (non-hydrogen) atoms. The van der Waals surface area contributed by atoms with E-state index in [2.05, 4.69) is 17.6 Å². The second-order valence-corrected chi connectivity index (χ2v) is 6.40. The van der Waals surface area contributed by atoms with Gasteiger partial charge in [-0.3, -0.25) is 4.79 Å². The van der Waals surface area contributed by atoms with E-state index in [-0.39, 0.29) is 0 Å². The van der Waals surface area contributed by atoms with E-state index >= 15 is 0 Å². The maximum absolute atomic E-state index is 10.7. The van der Waals surface area contributed by atoms with Crippen LogP contribution in [0.2, 0.25) is 0 Å². The summed E-state index contributed by atoms with van der Waals surface area (Å²) in [5.74, 6) is 1.96. The number of carbonyl (C=O) groups excluding carboxylic acids is 1. The number of thiol groups is 1. The number of benzene rings is 2. The molecule has 0 amide bonds. The molecule has 0 spiro atoms. The van der Waals surface area contributed by atoms with Crippen molar-refractivity contribution in [1.29, 1.82) is 0 Å². The van der Waals surface area contributed by atoms with Crippen molar-refractivity contribution in [2.75, 3.05) is 25.1 Å². The lowest BCUT2D eigenvalue weighted by atomic mass is 10.2. The first-order valence-corrected chi connectivity index (χ1v) is 8.91. The third-order valence-electron chi connectivity index (χ3n) is 3.93.